The molecule has 0 bridgehead atoms. The molecule has 0 saturated heterocycles. The third-order valence-electron chi connectivity index (χ3n) is 4.75. The molecular weight excluding hydrogens is 438 g/mol. The van der Waals surface area contributed by atoms with Gasteiger partial charge in [-0.15, -0.1) is 10.2 Å². The lowest BCUT2D eigenvalue weighted by atomic mass is 10.1. The Labute approximate surface area is 189 Å². The van der Waals surface area contributed by atoms with Crippen LogP contribution in [0, 0.1) is 0 Å². The Kier molecular flexibility index (Phi) is 6.53. The first-order valence-corrected chi connectivity index (χ1v) is 10.9. The first-order valence-electron chi connectivity index (χ1n) is 9.56. The number of aliphatic imine (C=N–C) groups is 1. The second kappa shape index (κ2) is 9.49. The van der Waals surface area contributed by atoms with Gasteiger partial charge in [0.25, 0.3) is 0 Å². The molecule has 1 N–H and O–H groups in total. The van der Waals surface area contributed by atoms with Crippen LogP contribution in [0.2, 0.25) is 5.02 Å². The van der Waals surface area contributed by atoms with Crippen molar-refractivity contribution < 1.29 is 14.2 Å². The summed E-state index contributed by atoms with van der Waals surface area (Å²) in [4.78, 5) is 4.71. The highest BCUT2D eigenvalue weighted by atomic mass is 35.5. The predicted molar refractivity (Wildman–Crippen MR) is 123 cm³/mol. The molecule has 2 aromatic carbocycles. The number of thioether (sulfide) groups is 1. The van der Waals surface area contributed by atoms with Gasteiger partial charge in [-0.2, -0.15) is 0 Å². The van der Waals surface area contributed by atoms with E-state index in [2.05, 4.69) is 15.6 Å². The minimum Gasteiger partial charge on any atom is -0.493 e. The molecule has 0 spiro atoms. The van der Waals surface area contributed by atoms with Crippen LogP contribution in [0.1, 0.15) is 5.56 Å². The zero-order valence-electron chi connectivity index (χ0n) is 17.4. The molecule has 0 radical (unpaired) electrons. The molecule has 8 nitrogen and oxygen atoms in total. The number of nitrogens with one attached hydrogen (secondary N) is 1. The molecule has 162 valence electrons. The Balaban J connectivity index is 1.56. The van der Waals surface area contributed by atoms with E-state index in [9.17, 15) is 0 Å². The second-order valence-electron chi connectivity index (χ2n) is 6.66. The normalized spacial score (nSPS) is 14.1. The fraction of sp³-hybridized carbons (Fsp3) is 0.286. The van der Waals surface area contributed by atoms with Crippen molar-refractivity contribution in [1.82, 2.24) is 14.9 Å². The molecule has 1 aliphatic heterocycles. The van der Waals surface area contributed by atoms with E-state index in [0.29, 0.717) is 35.4 Å². The summed E-state index contributed by atoms with van der Waals surface area (Å²) in [5, 5.41) is 10.1. The highest BCUT2D eigenvalue weighted by Crippen LogP contribution is 2.41. The smallest absolute Gasteiger partial charge is 0.211 e. The Hall–Kier alpha value is -2.91. The monoisotopic (exact) mass is 459 g/mol. The molecule has 0 amide bonds. The molecular formula is C21H22ClN5O3S. The summed E-state index contributed by atoms with van der Waals surface area (Å²) < 4.78 is 18.2. The van der Waals surface area contributed by atoms with Crippen LogP contribution in [0.3, 0.4) is 0 Å². The van der Waals surface area contributed by atoms with Crippen LogP contribution in [0.25, 0.3) is 11.4 Å². The molecule has 2 heterocycles. The van der Waals surface area contributed by atoms with Crippen molar-refractivity contribution in [3.63, 3.8) is 0 Å². The van der Waals surface area contributed by atoms with E-state index >= 15 is 0 Å². The lowest BCUT2D eigenvalue weighted by Gasteiger charge is -2.19. The van der Waals surface area contributed by atoms with Crippen molar-refractivity contribution in [2.24, 2.45) is 4.99 Å². The van der Waals surface area contributed by atoms with Crippen LogP contribution in [-0.2, 0) is 6.42 Å². The fourth-order valence-electron chi connectivity index (χ4n) is 3.21. The molecule has 31 heavy (non-hydrogen) atoms. The molecule has 1 aromatic heterocycles. The van der Waals surface area contributed by atoms with Crippen molar-refractivity contribution in [1.29, 1.82) is 0 Å². The molecule has 0 atom stereocenters. The molecule has 4 rings (SSSR count). The quantitative estimate of drug-likeness (QED) is 0.573. The maximum Gasteiger partial charge on any atom is 0.211 e. The Morgan fingerprint density at radius 3 is 2.42 bits per heavy atom. The van der Waals surface area contributed by atoms with E-state index < -0.39 is 0 Å². The summed E-state index contributed by atoms with van der Waals surface area (Å²) >= 11 is 7.53. The average Bonchev–Trinajstić information content (AvgIpc) is 3.22. The SMILES string of the molecule is COc1cc(-c2nnc3n2NC(=NCCc2ccc(Cl)cc2)CS3)cc(OC)c1OC. The molecule has 3 aromatic rings. The number of fused-ring (bicyclic) bond motifs is 1. The second-order valence-corrected chi connectivity index (χ2v) is 8.04. The van der Waals surface area contributed by atoms with E-state index in [1.54, 1.807) is 33.1 Å². The molecule has 1 aliphatic rings. The number of amidine groups is 1. The van der Waals surface area contributed by atoms with Gasteiger partial charge in [-0.05, 0) is 36.2 Å². The van der Waals surface area contributed by atoms with Crippen molar-refractivity contribution in [3.8, 4) is 28.6 Å². The first-order chi connectivity index (χ1) is 15.1. The van der Waals surface area contributed by atoms with Crippen molar-refractivity contribution in [3.05, 3.63) is 47.0 Å². The van der Waals surface area contributed by atoms with Crippen molar-refractivity contribution >= 4 is 29.2 Å². The van der Waals surface area contributed by atoms with Crippen molar-refractivity contribution in [2.45, 2.75) is 11.6 Å². The lowest BCUT2D eigenvalue weighted by Crippen LogP contribution is -2.30. The highest BCUT2D eigenvalue weighted by Gasteiger charge is 2.23. The Morgan fingerprint density at radius 2 is 1.77 bits per heavy atom. The van der Waals surface area contributed by atoms with Gasteiger partial charge in [-0.1, -0.05) is 35.5 Å². The molecule has 0 saturated carbocycles. The number of rotatable bonds is 7. The Bertz CT molecular complexity index is 1080. The van der Waals surface area contributed by atoms with Gasteiger partial charge >= 0.3 is 0 Å². The minimum absolute atomic E-state index is 0.527. The number of halogens is 1. The highest BCUT2D eigenvalue weighted by molar-refractivity contribution is 7.99. The number of aromatic nitrogens is 3. The van der Waals surface area contributed by atoms with Gasteiger partial charge in [0.2, 0.25) is 10.9 Å². The van der Waals surface area contributed by atoms with Crippen LogP contribution in [0.15, 0.2) is 46.5 Å². The van der Waals surface area contributed by atoms with E-state index in [1.807, 2.05) is 41.1 Å². The van der Waals surface area contributed by atoms with Crippen LogP contribution in [0.4, 0.5) is 0 Å². The van der Waals surface area contributed by atoms with Crippen LogP contribution < -0.4 is 19.6 Å². The largest absolute Gasteiger partial charge is 0.493 e. The summed E-state index contributed by atoms with van der Waals surface area (Å²) in [5.41, 5.74) is 5.31. The maximum absolute atomic E-state index is 5.95. The summed E-state index contributed by atoms with van der Waals surface area (Å²) in [6.07, 6.45) is 0.835. The number of nitrogens with zero attached hydrogens (tertiary/aromatic N) is 4. The van der Waals surface area contributed by atoms with E-state index in [0.717, 1.165) is 28.0 Å². The third kappa shape index (κ3) is 4.57. The number of ether oxygens (including phenoxy) is 3. The standard InChI is InChI=1S/C21H22ClN5O3S/c1-28-16-10-14(11-17(29-2)19(16)30-3)20-24-25-21-27(20)26-18(12-31-21)23-9-8-13-4-6-15(22)7-5-13/h4-7,10-11H,8-9,12H2,1-3H3,(H,23,26). The van der Waals surface area contributed by atoms with E-state index in [4.69, 9.17) is 30.8 Å². The molecule has 0 fully saturated rings. The summed E-state index contributed by atoms with van der Waals surface area (Å²) in [6, 6.07) is 11.5. The van der Waals surface area contributed by atoms with Gasteiger partial charge in [0.15, 0.2) is 17.3 Å². The third-order valence-corrected chi connectivity index (χ3v) is 5.94. The average molecular weight is 460 g/mol. The number of hydrogen-bond acceptors (Lipinski definition) is 7. The van der Waals surface area contributed by atoms with Crippen molar-refractivity contribution in [2.75, 3.05) is 39.1 Å². The summed E-state index contributed by atoms with van der Waals surface area (Å²) in [5.74, 6) is 3.82. The minimum atomic E-state index is 0.527. The van der Waals surface area contributed by atoms with E-state index in [-0.39, 0.29) is 0 Å². The van der Waals surface area contributed by atoms with Crippen LogP contribution in [0.5, 0.6) is 17.2 Å². The topological polar surface area (TPSA) is 82.8 Å². The number of hydrogen-bond donors (Lipinski definition) is 1. The fourth-order valence-corrected chi connectivity index (χ4v) is 4.12. The van der Waals surface area contributed by atoms with E-state index in [1.165, 1.54) is 5.56 Å². The molecule has 0 unspecified atom stereocenters. The summed E-state index contributed by atoms with van der Waals surface area (Å²) in [7, 11) is 4.74. The molecule has 0 aliphatic carbocycles. The van der Waals surface area contributed by atoms with Gasteiger partial charge in [0.1, 0.15) is 5.84 Å². The zero-order chi connectivity index (χ0) is 21.8. The molecule has 10 heteroatoms. The van der Waals surface area contributed by atoms with Gasteiger partial charge in [-0.25, -0.2) is 4.68 Å². The van der Waals surface area contributed by atoms with Gasteiger partial charge in [0, 0.05) is 17.1 Å². The van der Waals surface area contributed by atoms with Crippen LogP contribution in [-0.4, -0.2) is 54.3 Å². The maximum atomic E-state index is 5.95. The summed E-state index contributed by atoms with van der Waals surface area (Å²) in [6.45, 7) is 0.668. The Morgan fingerprint density at radius 1 is 1.06 bits per heavy atom. The number of methoxy groups -OCH3 is 3. The van der Waals surface area contributed by atoms with Crippen LogP contribution >= 0.6 is 23.4 Å². The lowest BCUT2D eigenvalue weighted by molar-refractivity contribution is 0.324. The van der Waals surface area contributed by atoms with Gasteiger partial charge in [-0.3, -0.25) is 10.4 Å². The zero-order valence-corrected chi connectivity index (χ0v) is 19.0. The predicted octanol–water partition coefficient (Wildman–Crippen LogP) is 3.91. The number of benzene rings is 2. The first kappa shape index (κ1) is 21.3. The van der Waals surface area contributed by atoms with Gasteiger partial charge < -0.3 is 14.2 Å². The van der Waals surface area contributed by atoms with Gasteiger partial charge in [0.05, 0.1) is 27.1 Å².